The van der Waals surface area contributed by atoms with Crippen LogP contribution in [0.3, 0.4) is 0 Å². The molecule has 0 unspecified atom stereocenters. The van der Waals surface area contributed by atoms with E-state index in [4.69, 9.17) is 9.84 Å². The van der Waals surface area contributed by atoms with Crippen LogP contribution in [0.4, 0.5) is 5.69 Å². The first kappa shape index (κ1) is 23.2. The number of rotatable bonds is 8. The highest BCUT2D eigenvalue weighted by molar-refractivity contribution is 5.95. The normalized spacial score (nSPS) is 15.2. The van der Waals surface area contributed by atoms with Gasteiger partial charge in [0, 0.05) is 50.3 Å². The molecule has 0 bridgehead atoms. The Morgan fingerprint density at radius 1 is 1.12 bits per heavy atom. The van der Waals surface area contributed by atoms with Gasteiger partial charge in [-0.2, -0.15) is 0 Å². The first-order chi connectivity index (χ1) is 15.3. The van der Waals surface area contributed by atoms with Crippen LogP contribution in [0.25, 0.3) is 0 Å². The fourth-order valence-corrected chi connectivity index (χ4v) is 3.99. The zero-order valence-corrected chi connectivity index (χ0v) is 18.2. The van der Waals surface area contributed by atoms with Crippen molar-refractivity contribution < 1.29 is 24.4 Å². The standard InChI is InChI=1S/C23H27N3O6/c1-16-3-5-17(6-4-16)19(8-10-22(27)28)24-11-13-25(14-12-24)23(29)18-7-9-21(32-2)20(15-18)26(30)31/h3-7,9,15,19H,8,10-14H2,1-2H3,(H,27,28)/t19-/m1/s1. The molecule has 2 aromatic carbocycles. The van der Waals surface area contributed by atoms with E-state index in [1.165, 1.54) is 25.3 Å². The van der Waals surface area contributed by atoms with Crippen LogP contribution in [-0.4, -0.2) is 65.0 Å². The molecule has 0 aliphatic carbocycles. The Labute approximate surface area is 186 Å². The molecule has 1 N–H and O–H groups in total. The predicted octanol–water partition coefficient (Wildman–Crippen LogP) is 3.28. The van der Waals surface area contributed by atoms with E-state index in [9.17, 15) is 19.7 Å². The van der Waals surface area contributed by atoms with Gasteiger partial charge in [0.2, 0.25) is 0 Å². The third-order valence-corrected chi connectivity index (χ3v) is 5.76. The van der Waals surface area contributed by atoms with Crippen molar-refractivity contribution in [1.82, 2.24) is 9.80 Å². The Hall–Kier alpha value is -3.46. The lowest BCUT2D eigenvalue weighted by Crippen LogP contribution is -2.49. The number of carboxylic acids is 1. The molecule has 2 aromatic rings. The summed E-state index contributed by atoms with van der Waals surface area (Å²) >= 11 is 0. The quantitative estimate of drug-likeness (QED) is 0.494. The van der Waals surface area contributed by atoms with Crippen molar-refractivity contribution in [3.8, 4) is 5.75 Å². The predicted molar refractivity (Wildman–Crippen MR) is 118 cm³/mol. The minimum absolute atomic E-state index is 0.0500. The van der Waals surface area contributed by atoms with Gasteiger partial charge in [0.15, 0.2) is 5.75 Å². The molecule has 1 fully saturated rings. The number of methoxy groups -OCH3 is 1. The van der Waals surface area contributed by atoms with Gasteiger partial charge in [-0.25, -0.2) is 0 Å². The number of hydrogen-bond acceptors (Lipinski definition) is 6. The molecule has 1 aliphatic heterocycles. The Kier molecular flexibility index (Phi) is 7.42. The summed E-state index contributed by atoms with van der Waals surface area (Å²) in [5, 5.41) is 20.4. The van der Waals surface area contributed by atoms with Gasteiger partial charge in [0.05, 0.1) is 12.0 Å². The van der Waals surface area contributed by atoms with Crippen LogP contribution >= 0.6 is 0 Å². The molecular weight excluding hydrogens is 414 g/mol. The van der Waals surface area contributed by atoms with Crippen LogP contribution < -0.4 is 4.74 Å². The molecule has 9 nitrogen and oxygen atoms in total. The maximum Gasteiger partial charge on any atom is 0.311 e. The highest BCUT2D eigenvalue weighted by Gasteiger charge is 2.29. The van der Waals surface area contributed by atoms with E-state index in [-0.39, 0.29) is 35.4 Å². The summed E-state index contributed by atoms with van der Waals surface area (Å²) in [7, 11) is 1.35. The third-order valence-electron chi connectivity index (χ3n) is 5.76. The Morgan fingerprint density at radius 3 is 2.34 bits per heavy atom. The van der Waals surface area contributed by atoms with Crippen molar-refractivity contribution in [2.24, 2.45) is 0 Å². The second-order valence-corrected chi connectivity index (χ2v) is 7.83. The molecule has 3 rings (SSSR count). The van der Waals surface area contributed by atoms with Crippen molar-refractivity contribution in [2.45, 2.75) is 25.8 Å². The van der Waals surface area contributed by atoms with Crippen LogP contribution in [0.2, 0.25) is 0 Å². The number of ether oxygens (including phenoxy) is 1. The van der Waals surface area contributed by atoms with Crippen molar-refractivity contribution in [3.05, 3.63) is 69.3 Å². The maximum atomic E-state index is 12.9. The molecule has 0 aromatic heterocycles. The van der Waals surface area contributed by atoms with E-state index < -0.39 is 10.9 Å². The zero-order chi connectivity index (χ0) is 23.3. The van der Waals surface area contributed by atoms with Gasteiger partial charge >= 0.3 is 11.7 Å². The summed E-state index contributed by atoms with van der Waals surface area (Å²) in [4.78, 5) is 38.7. The van der Waals surface area contributed by atoms with Gasteiger partial charge in [0.1, 0.15) is 0 Å². The minimum Gasteiger partial charge on any atom is -0.490 e. The van der Waals surface area contributed by atoms with Crippen LogP contribution in [0.1, 0.15) is 40.4 Å². The van der Waals surface area contributed by atoms with Crippen LogP contribution in [0.5, 0.6) is 5.75 Å². The third kappa shape index (κ3) is 5.42. The smallest absolute Gasteiger partial charge is 0.311 e. The lowest BCUT2D eigenvalue weighted by molar-refractivity contribution is -0.385. The van der Waals surface area contributed by atoms with Gasteiger partial charge in [-0.3, -0.25) is 24.6 Å². The summed E-state index contributed by atoms with van der Waals surface area (Å²) < 4.78 is 5.00. The van der Waals surface area contributed by atoms with Crippen molar-refractivity contribution in [1.29, 1.82) is 0 Å². The molecule has 0 saturated carbocycles. The van der Waals surface area contributed by atoms with E-state index in [2.05, 4.69) is 4.90 Å². The maximum absolute atomic E-state index is 12.9. The van der Waals surface area contributed by atoms with Gasteiger partial charge < -0.3 is 14.7 Å². The Balaban J connectivity index is 1.71. The second kappa shape index (κ2) is 10.2. The van der Waals surface area contributed by atoms with Gasteiger partial charge in [-0.05, 0) is 31.0 Å². The van der Waals surface area contributed by atoms with Crippen LogP contribution in [0, 0.1) is 17.0 Å². The van der Waals surface area contributed by atoms with Gasteiger partial charge in [-0.1, -0.05) is 29.8 Å². The molecule has 0 radical (unpaired) electrons. The summed E-state index contributed by atoms with van der Waals surface area (Å²) in [6, 6.07) is 12.2. The lowest BCUT2D eigenvalue weighted by Gasteiger charge is -2.39. The molecule has 32 heavy (non-hydrogen) atoms. The van der Waals surface area contributed by atoms with E-state index in [0.717, 1.165) is 11.1 Å². The zero-order valence-electron chi connectivity index (χ0n) is 18.2. The van der Waals surface area contributed by atoms with Gasteiger partial charge in [-0.15, -0.1) is 0 Å². The van der Waals surface area contributed by atoms with Crippen LogP contribution in [0.15, 0.2) is 42.5 Å². The monoisotopic (exact) mass is 441 g/mol. The highest BCUT2D eigenvalue weighted by atomic mass is 16.6. The molecule has 1 heterocycles. The number of nitrogens with zero attached hydrogens (tertiary/aromatic N) is 3. The molecule has 1 atom stereocenters. The Bertz CT molecular complexity index is 984. The fraction of sp³-hybridized carbons (Fsp3) is 0.391. The van der Waals surface area contributed by atoms with E-state index in [1.54, 1.807) is 4.90 Å². The number of aryl methyl sites for hydroxylation is 1. The number of aliphatic carboxylic acids is 1. The van der Waals surface area contributed by atoms with Crippen molar-refractivity contribution in [2.75, 3.05) is 33.3 Å². The summed E-state index contributed by atoms with van der Waals surface area (Å²) in [6.07, 6.45) is 0.546. The number of benzene rings is 2. The molecule has 9 heteroatoms. The fourth-order valence-electron chi connectivity index (χ4n) is 3.99. The SMILES string of the molecule is COc1ccc(C(=O)N2CCN([C@H](CCC(=O)O)c3ccc(C)cc3)CC2)cc1[N+](=O)[O-]. The number of carbonyl (C=O) groups excluding carboxylic acids is 1. The summed E-state index contributed by atoms with van der Waals surface area (Å²) in [5.41, 5.74) is 2.19. The topological polar surface area (TPSA) is 113 Å². The molecular formula is C23H27N3O6. The number of piperazine rings is 1. The molecule has 170 valence electrons. The highest BCUT2D eigenvalue weighted by Crippen LogP contribution is 2.30. The lowest BCUT2D eigenvalue weighted by atomic mass is 9.98. The number of amides is 1. The molecule has 1 amide bonds. The molecule has 1 saturated heterocycles. The first-order valence-corrected chi connectivity index (χ1v) is 10.4. The van der Waals surface area contributed by atoms with E-state index in [0.29, 0.717) is 32.6 Å². The van der Waals surface area contributed by atoms with Gasteiger partial charge in [0.25, 0.3) is 5.91 Å². The molecule has 1 aliphatic rings. The largest absolute Gasteiger partial charge is 0.490 e. The average Bonchev–Trinajstić information content (AvgIpc) is 2.79. The number of carbonyl (C=O) groups is 2. The Morgan fingerprint density at radius 2 is 1.78 bits per heavy atom. The second-order valence-electron chi connectivity index (χ2n) is 7.83. The number of nitro benzene ring substituents is 1. The number of carboxylic acid groups (broad SMARTS) is 1. The van der Waals surface area contributed by atoms with Crippen molar-refractivity contribution >= 4 is 17.6 Å². The summed E-state index contributed by atoms with van der Waals surface area (Å²) in [6.45, 7) is 4.08. The van der Waals surface area contributed by atoms with E-state index in [1.807, 2.05) is 31.2 Å². The van der Waals surface area contributed by atoms with E-state index >= 15 is 0 Å². The number of hydrogen-bond donors (Lipinski definition) is 1. The molecule has 0 spiro atoms. The summed E-state index contributed by atoms with van der Waals surface area (Å²) in [5.74, 6) is -0.999. The van der Waals surface area contributed by atoms with Crippen molar-refractivity contribution in [3.63, 3.8) is 0 Å². The minimum atomic E-state index is -0.836. The first-order valence-electron chi connectivity index (χ1n) is 10.4. The number of nitro groups is 1. The van der Waals surface area contributed by atoms with Crippen LogP contribution in [-0.2, 0) is 4.79 Å². The average molecular weight is 441 g/mol.